The second kappa shape index (κ2) is 10.2. The standard InChI is InChI=1S/C19H37N3O2/c1-4-9-19(2)10-5-12-22(16-19)18(20-3)21-11-6-13-24-17-7-14-23-15-8-17/h17H,4-16H2,1-3H3,(H,20,21). The van der Waals surface area contributed by atoms with Crippen molar-refractivity contribution in [3.05, 3.63) is 0 Å². The van der Waals surface area contributed by atoms with Crippen LogP contribution in [0.4, 0.5) is 0 Å². The third-order valence-electron chi connectivity index (χ3n) is 5.27. The monoisotopic (exact) mass is 339 g/mol. The Morgan fingerprint density at radius 1 is 1.38 bits per heavy atom. The molecule has 5 heteroatoms. The van der Waals surface area contributed by atoms with Crippen molar-refractivity contribution < 1.29 is 9.47 Å². The molecule has 0 spiro atoms. The van der Waals surface area contributed by atoms with Crippen molar-refractivity contribution in [2.45, 2.75) is 64.9 Å². The number of likely N-dealkylation sites (tertiary alicyclic amines) is 1. The predicted molar refractivity (Wildman–Crippen MR) is 99.6 cm³/mol. The first-order valence-electron chi connectivity index (χ1n) is 9.82. The SMILES string of the molecule is CCCC1(C)CCCN(C(=NC)NCCCOC2CCOCC2)C1. The molecule has 2 aliphatic rings. The normalized spacial score (nSPS) is 26.6. The summed E-state index contributed by atoms with van der Waals surface area (Å²) in [5, 5.41) is 3.53. The Bertz CT molecular complexity index is 379. The lowest BCUT2D eigenvalue weighted by Crippen LogP contribution is -2.50. The fourth-order valence-electron chi connectivity index (χ4n) is 4.00. The second-order valence-corrected chi connectivity index (χ2v) is 7.60. The van der Waals surface area contributed by atoms with E-state index >= 15 is 0 Å². The van der Waals surface area contributed by atoms with E-state index in [9.17, 15) is 0 Å². The van der Waals surface area contributed by atoms with Gasteiger partial charge in [-0.2, -0.15) is 0 Å². The van der Waals surface area contributed by atoms with Crippen molar-refractivity contribution in [2.24, 2.45) is 10.4 Å². The van der Waals surface area contributed by atoms with Crippen LogP contribution >= 0.6 is 0 Å². The molecule has 0 radical (unpaired) electrons. The Balaban J connectivity index is 1.66. The van der Waals surface area contributed by atoms with Gasteiger partial charge in [0.05, 0.1) is 6.10 Å². The van der Waals surface area contributed by atoms with Gasteiger partial charge in [-0.1, -0.05) is 20.3 Å². The highest BCUT2D eigenvalue weighted by atomic mass is 16.5. The zero-order valence-electron chi connectivity index (χ0n) is 16.0. The maximum Gasteiger partial charge on any atom is 0.193 e. The van der Waals surface area contributed by atoms with Crippen LogP contribution < -0.4 is 5.32 Å². The number of piperidine rings is 1. The first-order chi connectivity index (χ1) is 11.7. The van der Waals surface area contributed by atoms with E-state index < -0.39 is 0 Å². The van der Waals surface area contributed by atoms with E-state index in [0.29, 0.717) is 11.5 Å². The Morgan fingerprint density at radius 3 is 2.88 bits per heavy atom. The van der Waals surface area contributed by atoms with Crippen molar-refractivity contribution in [1.82, 2.24) is 10.2 Å². The molecule has 24 heavy (non-hydrogen) atoms. The molecule has 0 amide bonds. The number of hydrogen-bond donors (Lipinski definition) is 1. The molecule has 1 unspecified atom stereocenters. The quantitative estimate of drug-likeness (QED) is 0.440. The molecule has 2 saturated heterocycles. The Morgan fingerprint density at radius 2 is 2.17 bits per heavy atom. The van der Waals surface area contributed by atoms with Crippen LogP contribution in [-0.2, 0) is 9.47 Å². The Labute approximate surface area is 148 Å². The summed E-state index contributed by atoms with van der Waals surface area (Å²) in [6.07, 6.45) is 8.68. The molecule has 140 valence electrons. The fraction of sp³-hybridized carbons (Fsp3) is 0.947. The van der Waals surface area contributed by atoms with Crippen molar-refractivity contribution >= 4 is 5.96 Å². The minimum Gasteiger partial charge on any atom is -0.381 e. The summed E-state index contributed by atoms with van der Waals surface area (Å²) in [6, 6.07) is 0. The van der Waals surface area contributed by atoms with E-state index in [2.05, 4.69) is 29.1 Å². The van der Waals surface area contributed by atoms with Crippen LogP contribution in [-0.4, -0.2) is 63.5 Å². The highest BCUT2D eigenvalue weighted by molar-refractivity contribution is 5.80. The highest BCUT2D eigenvalue weighted by Crippen LogP contribution is 2.33. The van der Waals surface area contributed by atoms with Crippen LogP contribution in [0.2, 0.25) is 0 Å². The van der Waals surface area contributed by atoms with Gasteiger partial charge < -0.3 is 19.7 Å². The van der Waals surface area contributed by atoms with Crippen molar-refractivity contribution in [2.75, 3.05) is 46.5 Å². The first-order valence-corrected chi connectivity index (χ1v) is 9.82. The molecule has 2 aliphatic heterocycles. The van der Waals surface area contributed by atoms with E-state index in [-0.39, 0.29) is 0 Å². The van der Waals surface area contributed by atoms with Crippen LogP contribution in [0.3, 0.4) is 0 Å². The van der Waals surface area contributed by atoms with Gasteiger partial charge in [0.15, 0.2) is 5.96 Å². The summed E-state index contributed by atoms with van der Waals surface area (Å²) < 4.78 is 11.3. The third-order valence-corrected chi connectivity index (χ3v) is 5.27. The molecular formula is C19H37N3O2. The predicted octanol–water partition coefficient (Wildman–Crippen LogP) is 3.05. The topological polar surface area (TPSA) is 46.1 Å². The fourth-order valence-corrected chi connectivity index (χ4v) is 4.00. The van der Waals surface area contributed by atoms with Crippen molar-refractivity contribution in [3.8, 4) is 0 Å². The van der Waals surface area contributed by atoms with Crippen LogP contribution in [0.5, 0.6) is 0 Å². The lowest BCUT2D eigenvalue weighted by Gasteiger charge is -2.42. The number of hydrogen-bond acceptors (Lipinski definition) is 3. The number of nitrogens with one attached hydrogen (secondary N) is 1. The van der Waals surface area contributed by atoms with Crippen molar-refractivity contribution in [3.63, 3.8) is 0 Å². The van der Waals surface area contributed by atoms with E-state index in [1.165, 1.54) is 25.7 Å². The van der Waals surface area contributed by atoms with E-state index in [1.807, 2.05) is 7.05 Å². The zero-order valence-corrected chi connectivity index (χ0v) is 16.0. The van der Waals surface area contributed by atoms with Crippen LogP contribution in [0.25, 0.3) is 0 Å². The summed E-state index contributed by atoms with van der Waals surface area (Å²) in [5.41, 5.74) is 0.441. The molecule has 0 aromatic heterocycles. The molecule has 2 fully saturated rings. The number of nitrogens with zero attached hydrogens (tertiary/aromatic N) is 2. The molecule has 2 rings (SSSR count). The highest BCUT2D eigenvalue weighted by Gasteiger charge is 2.31. The number of guanidine groups is 1. The lowest BCUT2D eigenvalue weighted by atomic mass is 9.78. The summed E-state index contributed by atoms with van der Waals surface area (Å²) in [7, 11) is 1.90. The largest absolute Gasteiger partial charge is 0.381 e. The zero-order chi connectivity index (χ0) is 17.3. The summed E-state index contributed by atoms with van der Waals surface area (Å²) in [4.78, 5) is 6.94. The van der Waals surface area contributed by atoms with Gasteiger partial charge in [-0.15, -0.1) is 0 Å². The van der Waals surface area contributed by atoms with Gasteiger partial charge in [-0.05, 0) is 43.9 Å². The van der Waals surface area contributed by atoms with Crippen LogP contribution in [0.1, 0.15) is 58.8 Å². The minimum atomic E-state index is 0.398. The van der Waals surface area contributed by atoms with Gasteiger partial charge >= 0.3 is 0 Å². The van der Waals surface area contributed by atoms with Gasteiger partial charge in [0.1, 0.15) is 0 Å². The van der Waals surface area contributed by atoms with E-state index in [4.69, 9.17) is 9.47 Å². The first kappa shape index (κ1) is 19.5. The maximum atomic E-state index is 5.94. The van der Waals surface area contributed by atoms with Crippen LogP contribution in [0.15, 0.2) is 4.99 Å². The average Bonchev–Trinajstić information content (AvgIpc) is 2.59. The van der Waals surface area contributed by atoms with Gasteiger partial charge in [0.25, 0.3) is 0 Å². The molecule has 2 heterocycles. The van der Waals surface area contributed by atoms with Gasteiger partial charge in [-0.25, -0.2) is 0 Å². The van der Waals surface area contributed by atoms with Crippen LogP contribution in [0, 0.1) is 5.41 Å². The smallest absolute Gasteiger partial charge is 0.193 e. The van der Waals surface area contributed by atoms with Crippen molar-refractivity contribution in [1.29, 1.82) is 0 Å². The summed E-state index contributed by atoms with van der Waals surface area (Å²) in [5.74, 6) is 1.06. The summed E-state index contributed by atoms with van der Waals surface area (Å²) in [6.45, 7) is 10.4. The third kappa shape index (κ3) is 6.25. The number of aliphatic imine (C=N–C) groups is 1. The Hall–Kier alpha value is -0.810. The van der Waals surface area contributed by atoms with E-state index in [1.54, 1.807) is 0 Å². The van der Waals surface area contributed by atoms with Gasteiger partial charge in [0.2, 0.25) is 0 Å². The molecule has 0 aromatic rings. The van der Waals surface area contributed by atoms with Gasteiger partial charge in [0, 0.05) is 46.5 Å². The lowest BCUT2D eigenvalue weighted by molar-refractivity contribution is -0.0320. The minimum absolute atomic E-state index is 0.398. The maximum absolute atomic E-state index is 5.94. The molecule has 0 aromatic carbocycles. The van der Waals surface area contributed by atoms with Gasteiger partial charge in [-0.3, -0.25) is 4.99 Å². The second-order valence-electron chi connectivity index (χ2n) is 7.60. The molecule has 0 saturated carbocycles. The average molecular weight is 340 g/mol. The number of rotatable bonds is 7. The number of ether oxygens (including phenoxy) is 2. The molecule has 1 atom stereocenters. The molecule has 0 aliphatic carbocycles. The Kier molecular flexibility index (Phi) is 8.33. The molecular weight excluding hydrogens is 302 g/mol. The molecule has 0 bridgehead atoms. The molecule has 5 nitrogen and oxygen atoms in total. The van der Waals surface area contributed by atoms with E-state index in [0.717, 1.165) is 64.7 Å². The summed E-state index contributed by atoms with van der Waals surface area (Å²) >= 11 is 0. The molecule has 1 N–H and O–H groups in total.